The van der Waals surface area contributed by atoms with E-state index in [-0.39, 0.29) is 5.91 Å². The lowest BCUT2D eigenvalue weighted by Gasteiger charge is -2.16. The van der Waals surface area contributed by atoms with Gasteiger partial charge in [0.25, 0.3) is 5.91 Å². The first-order valence-corrected chi connectivity index (χ1v) is 14.2. The predicted molar refractivity (Wildman–Crippen MR) is 174 cm³/mol. The first-order valence-electron chi connectivity index (χ1n) is 13.8. The molecule has 0 bridgehead atoms. The second-order valence-electron chi connectivity index (χ2n) is 9.89. The van der Waals surface area contributed by atoms with Crippen LogP contribution in [0.1, 0.15) is 32.7 Å². The second-order valence-corrected chi connectivity index (χ2v) is 10.3. The van der Waals surface area contributed by atoms with E-state index in [1.807, 2.05) is 66.7 Å². The summed E-state index contributed by atoms with van der Waals surface area (Å²) in [5, 5.41) is 4.84. The molecule has 0 unspecified atom stereocenters. The van der Waals surface area contributed by atoms with Gasteiger partial charge in [0.2, 0.25) is 0 Å². The Bertz CT molecular complexity index is 1760. The van der Waals surface area contributed by atoms with Crippen LogP contribution in [-0.4, -0.2) is 23.8 Å². The molecule has 216 valence electrons. The molecule has 4 aromatic carbocycles. The van der Waals surface area contributed by atoms with Gasteiger partial charge in [0.1, 0.15) is 6.61 Å². The van der Waals surface area contributed by atoms with E-state index in [0.29, 0.717) is 35.1 Å². The number of ether oxygens (including phenoxy) is 2. The van der Waals surface area contributed by atoms with Crippen LogP contribution in [-0.2, 0) is 13.0 Å². The van der Waals surface area contributed by atoms with E-state index in [9.17, 15) is 4.79 Å². The molecule has 1 aromatic heterocycles. The molecule has 0 atom stereocenters. The van der Waals surface area contributed by atoms with Crippen molar-refractivity contribution < 1.29 is 14.3 Å². The highest BCUT2D eigenvalue weighted by Crippen LogP contribution is 2.34. The van der Waals surface area contributed by atoms with Gasteiger partial charge >= 0.3 is 0 Å². The molecule has 0 aliphatic rings. The van der Waals surface area contributed by atoms with Crippen molar-refractivity contribution in [3.05, 3.63) is 149 Å². The van der Waals surface area contributed by atoms with Gasteiger partial charge in [0.15, 0.2) is 11.5 Å². The molecule has 1 amide bonds. The topological polar surface area (TPSA) is 64.9 Å². The third kappa shape index (κ3) is 6.88. The fraction of sp³-hybridized carbons (Fsp3) is 0.111. The highest BCUT2D eigenvalue weighted by atomic mass is 35.5. The van der Waals surface area contributed by atoms with Gasteiger partial charge in [-0.15, -0.1) is 6.58 Å². The predicted octanol–water partition coefficient (Wildman–Crippen LogP) is 8.19. The van der Waals surface area contributed by atoms with Crippen molar-refractivity contribution in [1.29, 1.82) is 0 Å². The van der Waals surface area contributed by atoms with Crippen LogP contribution in [0.2, 0.25) is 5.02 Å². The zero-order valence-electron chi connectivity index (χ0n) is 24.1. The monoisotopic (exact) mass is 589 g/mol. The first kappa shape index (κ1) is 29.4. The fourth-order valence-corrected chi connectivity index (χ4v) is 5.04. The van der Waals surface area contributed by atoms with Crippen molar-refractivity contribution in [2.45, 2.75) is 20.0 Å². The number of allylic oxidation sites excluding steroid dienone is 1. The Morgan fingerprint density at radius 2 is 1.70 bits per heavy atom. The van der Waals surface area contributed by atoms with Crippen LogP contribution in [0.15, 0.2) is 121 Å². The van der Waals surface area contributed by atoms with E-state index in [1.165, 1.54) is 0 Å². The molecule has 43 heavy (non-hydrogen) atoms. The highest BCUT2D eigenvalue weighted by molar-refractivity contribution is 6.31. The van der Waals surface area contributed by atoms with Crippen molar-refractivity contribution in [3.8, 4) is 28.4 Å². The van der Waals surface area contributed by atoms with Crippen molar-refractivity contribution in [1.82, 2.24) is 9.99 Å². The Labute approximate surface area is 256 Å². The maximum absolute atomic E-state index is 12.9. The molecule has 0 radical (unpaired) electrons. The van der Waals surface area contributed by atoms with Crippen molar-refractivity contribution >= 4 is 23.7 Å². The summed E-state index contributed by atoms with van der Waals surface area (Å²) in [5.41, 5.74) is 9.90. The Morgan fingerprint density at radius 3 is 2.42 bits per heavy atom. The lowest BCUT2D eigenvalue weighted by atomic mass is 10.1. The smallest absolute Gasteiger partial charge is 0.271 e. The van der Waals surface area contributed by atoms with E-state index >= 15 is 0 Å². The van der Waals surface area contributed by atoms with Crippen molar-refractivity contribution in [2.75, 3.05) is 7.11 Å². The SMILES string of the molecule is C=CCc1cc(/C=N/NC(=O)c2ccc(-n3c(C)ccc3-c3ccccc3)cc2)cc(OC)c1OCc1ccccc1Cl. The van der Waals surface area contributed by atoms with Crippen LogP contribution in [0.4, 0.5) is 0 Å². The summed E-state index contributed by atoms with van der Waals surface area (Å²) in [7, 11) is 1.58. The Kier molecular flexibility index (Phi) is 9.39. The summed E-state index contributed by atoms with van der Waals surface area (Å²) >= 11 is 6.30. The van der Waals surface area contributed by atoms with Gasteiger partial charge in [-0.1, -0.05) is 66.2 Å². The standard InChI is InChI=1S/C36H32ClN3O3/c1-4-10-29-21-26(22-34(42-3)35(29)43-24-30-13-8-9-14-32(30)37)23-38-39-36(41)28-16-18-31(19-17-28)40-25(2)15-20-33(40)27-11-6-5-7-12-27/h4-9,11-23H,1,10,24H2,2-3H3,(H,39,41)/b38-23+. The maximum atomic E-state index is 12.9. The van der Waals surface area contributed by atoms with Crippen LogP contribution in [0, 0.1) is 6.92 Å². The zero-order valence-corrected chi connectivity index (χ0v) is 24.8. The van der Waals surface area contributed by atoms with Crippen LogP contribution < -0.4 is 14.9 Å². The third-order valence-corrected chi connectivity index (χ3v) is 7.35. The van der Waals surface area contributed by atoms with E-state index in [2.05, 4.69) is 52.9 Å². The van der Waals surface area contributed by atoms with Gasteiger partial charge in [-0.25, -0.2) is 5.43 Å². The lowest BCUT2D eigenvalue weighted by Crippen LogP contribution is -2.17. The van der Waals surface area contributed by atoms with Crippen molar-refractivity contribution in [2.24, 2.45) is 5.10 Å². The van der Waals surface area contributed by atoms with E-state index in [1.54, 1.807) is 31.5 Å². The number of nitrogens with zero attached hydrogens (tertiary/aromatic N) is 2. The normalized spacial score (nSPS) is 11.0. The number of hydrogen-bond donors (Lipinski definition) is 1. The number of aromatic nitrogens is 1. The number of carbonyl (C=O) groups excluding carboxylic acids is 1. The number of aryl methyl sites for hydroxylation is 1. The summed E-state index contributed by atoms with van der Waals surface area (Å²) in [6.45, 7) is 6.23. The average molecular weight is 590 g/mol. The number of halogens is 1. The van der Waals surface area contributed by atoms with Crippen LogP contribution >= 0.6 is 11.6 Å². The first-order chi connectivity index (χ1) is 21.0. The number of hydrazone groups is 1. The molecule has 1 N–H and O–H groups in total. The Morgan fingerprint density at radius 1 is 0.953 bits per heavy atom. The number of methoxy groups -OCH3 is 1. The molecule has 5 aromatic rings. The molecule has 0 aliphatic carbocycles. The number of carbonyl (C=O) groups is 1. The summed E-state index contributed by atoms with van der Waals surface area (Å²) in [6, 6.07) is 33.2. The average Bonchev–Trinajstić information content (AvgIpc) is 3.42. The van der Waals surface area contributed by atoms with Crippen molar-refractivity contribution in [3.63, 3.8) is 0 Å². The molecule has 0 fully saturated rings. The van der Waals surface area contributed by atoms with Gasteiger partial charge in [0.05, 0.1) is 19.0 Å². The minimum Gasteiger partial charge on any atom is -0.493 e. The van der Waals surface area contributed by atoms with E-state index < -0.39 is 0 Å². The van der Waals surface area contributed by atoms with Crippen LogP contribution in [0.25, 0.3) is 16.9 Å². The van der Waals surface area contributed by atoms with E-state index in [4.69, 9.17) is 21.1 Å². The van der Waals surface area contributed by atoms with E-state index in [0.717, 1.165) is 39.3 Å². The number of benzene rings is 4. The molecule has 0 saturated heterocycles. The molecule has 7 heteroatoms. The summed E-state index contributed by atoms with van der Waals surface area (Å²) in [5.74, 6) is 0.843. The Balaban J connectivity index is 1.29. The van der Waals surface area contributed by atoms with Crippen LogP contribution in [0.5, 0.6) is 11.5 Å². The molecular weight excluding hydrogens is 558 g/mol. The molecule has 6 nitrogen and oxygen atoms in total. The molecule has 5 rings (SSSR count). The molecule has 0 spiro atoms. The summed E-state index contributed by atoms with van der Waals surface area (Å²) in [4.78, 5) is 12.9. The molecule has 1 heterocycles. The molecule has 0 aliphatic heterocycles. The molecule has 0 saturated carbocycles. The quantitative estimate of drug-likeness (QED) is 0.0959. The minimum atomic E-state index is -0.312. The van der Waals surface area contributed by atoms with Crippen LogP contribution in [0.3, 0.4) is 0 Å². The third-order valence-electron chi connectivity index (χ3n) is 6.98. The van der Waals surface area contributed by atoms with Gasteiger partial charge in [-0.2, -0.15) is 5.10 Å². The van der Waals surface area contributed by atoms with Gasteiger partial charge in [-0.05, 0) is 79.1 Å². The largest absolute Gasteiger partial charge is 0.493 e. The second kappa shape index (κ2) is 13.7. The number of nitrogens with one attached hydrogen (secondary N) is 1. The summed E-state index contributed by atoms with van der Waals surface area (Å²) in [6.07, 6.45) is 3.93. The fourth-order valence-electron chi connectivity index (χ4n) is 4.85. The number of rotatable bonds is 11. The summed E-state index contributed by atoms with van der Waals surface area (Å²) < 4.78 is 13.9. The van der Waals surface area contributed by atoms with Gasteiger partial charge < -0.3 is 14.0 Å². The molecular formula is C36H32ClN3O3. The number of amides is 1. The highest BCUT2D eigenvalue weighted by Gasteiger charge is 2.14. The van der Waals surface area contributed by atoms with Gasteiger partial charge in [-0.3, -0.25) is 4.79 Å². The minimum absolute atomic E-state index is 0.292. The maximum Gasteiger partial charge on any atom is 0.271 e. The zero-order chi connectivity index (χ0) is 30.2. The lowest BCUT2D eigenvalue weighted by molar-refractivity contribution is 0.0955. The number of hydrogen-bond acceptors (Lipinski definition) is 4. The Hall–Kier alpha value is -5.07. The van der Waals surface area contributed by atoms with Gasteiger partial charge in [0, 0.05) is 33.1 Å².